The number of aliphatic hydroxyl groups excluding tert-OH is 1. The third-order valence-corrected chi connectivity index (χ3v) is 3.43. The number of hydrogen-bond acceptors (Lipinski definition) is 5. The quantitative estimate of drug-likeness (QED) is 0.454. The van der Waals surface area contributed by atoms with Crippen LogP contribution >= 0.6 is 0 Å². The Morgan fingerprint density at radius 2 is 2.14 bits per heavy atom. The molecule has 2 unspecified atom stereocenters. The van der Waals surface area contributed by atoms with Crippen molar-refractivity contribution < 1.29 is 15.0 Å². The van der Waals surface area contributed by atoms with Gasteiger partial charge < -0.3 is 27.0 Å². The zero-order valence-corrected chi connectivity index (χ0v) is 12.4. The van der Waals surface area contributed by atoms with Crippen LogP contribution in [0.25, 0.3) is 0 Å². The third-order valence-electron chi connectivity index (χ3n) is 3.43. The molecule has 6 nitrogen and oxygen atoms in total. The first-order valence-corrected chi connectivity index (χ1v) is 7.13. The van der Waals surface area contributed by atoms with Crippen LogP contribution in [-0.2, 0) is 11.2 Å². The highest BCUT2D eigenvalue weighted by Gasteiger charge is 2.18. The van der Waals surface area contributed by atoms with E-state index in [9.17, 15) is 15.0 Å². The van der Waals surface area contributed by atoms with Crippen molar-refractivity contribution >= 4 is 5.91 Å². The van der Waals surface area contributed by atoms with Crippen molar-refractivity contribution in [3.05, 3.63) is 29.3 Å². The Morgan fingerprint density at radius 1 is 1.43 bits per heavy atom. The highest BCUT2D eigenvalue weighted by atomic mass is 16.3. The maximum Gasteiger partial charge on any atom is 0.237 e. The van der Waals surface area contributed by atoms with E-state index in [1.165, 1.54) is 0 Å². The van der Waals surface area contributed by atoms with Crippen LogP contribution in [0.2, 0.25) is 0 Å². The van der Waals surface area contributed by atoms with Gasteiger partial charge in [-0.3, -0.25) is 4.79 Å². The van der Waals surface area contributed by atoms with Crippen LogP contribution in [0, 0.1) is 6.92 Å². The highest BCUT2D eigenvalue weighted by molar-refractivity contribution is 5.82. The average molecular weight is 295 g/mol. The summed E-state index contributed by atoms with van der Waals surface area (Å²) in [6, 6.07) is 3.96. The summed E-state index contributed by atoms with van der Waals surface area (Å²) in [6.45, 7) is 2.25. The van der Waals surface area contributed by atoms with Gasteiger partial charge in [-0.15, -0.1) is 0 Å². The first-order chi connectivity index (χ1) is 9.97. The zero-order valence-electron chi connectivity index (χ0n) is 12.4. The van der Waals surface area contributed by atoms with Gasteiger partial charge >= 0.3 is 0 Å². The lowest BCUT2D eigenvalue weighted by molar-refractivity contribution is -0.123. The molecule has 0 aliphatic rings. The monoisotopic (exact) mass is 295 g/mol. The van der Waals surface area contributed by atoms with Crippen LogP contribution in [0.4, 0.5) is 0 Å². The molecule has 6 heteroatoms. The smallest absolute Gasteiger partial charge is 0.237 e. The normalized spacial score (nSPS) is 13.7. The molecule has 0 heterocycles. The van der Waals surface area contributed by atoms with Gasteiger partial charge in [0.15, 0.2) is 0 Å². The fourth-order valence-electron chi connectivity index (χ4n) is 2.12. The van der Waals surface area contributed by atoms with E-state index < -0.39 is 6.04 Å². The standard InChI is InChI=1S/C15H25N3O3/c1-10-7-13(20)5-4-11(10)8-14(17)15(21)18-12(9-19)3-2-6-16/h4-5,7,12,14,19-20H,2-3,6,8-9,16-17H2,1H3,(H,18,21). The van der Waals surface area contributed by atoms with Gasteiger partial charge in [-0.1, -0.05) is 6.07 Å². The minimum Gasteiger partial charge on any atom is -0.508 e. The van der Waals surface area contributed by atoms with E-state index in [1.54, 1.807) is 18.2 Å². The van der Waals surface area contributed by atoms with Crippen molar-refractivity contribution in [1.82, 2.24) is 5.32 Å². The zero-order chi connectivity index (χ0) is 15.8. The fourth-order valence-corrected chi connectivity index (χ4v) is 2.12. The molecule has 0 bridgehead atoms. The highest BCUT2D eigenvalue weighted by Crippen LogP contribution is 2.16. The van der Waals surface area contributed by atoms with Crippen LogP contribution in [0.15, 0.2) is 18.2 Å². The molecule has 0 aliphatic heterocycles. The Hall–Kier alpha value is -1.63. The number of amides is 1. The Labute approximate surface area is 125 Å². The summed E-state index contributed by atoms with van der Waals surface area (Å²) < 4.78 is 0. The van der Waals surface area contributed by atoms with Gasteiger partial charge in [-0.05, 0) is 56.0 Å². The van der Waals surface area contributed by atoms with Gasteiger partial charge in [0.05, 0.1) is 18.7 Å². The molecule has 1 aromatic carbocycles. The largest absolute Gasteiger partial charge is 0.508 e. The summed E-state index contributed by atoms with van der Waals surface area (Å²) in [6.07, 6.45) is 1.74. The van der Waals surface area contributed by atoms with E-state index in [2.05, 4.69) is 5.32 Å². The molecule has 2 atom stereocenters. The molecule has 0 spiro atoms. The molecule has 21 heavy (non-hydrogen) atoms. The minimum atomic E-state index is -0.694. The van der Waals surface area contributed by atoms with Crippen LogP contribution in [-0.4, -0.2) is 41.4 Å². The lowest BCUT2D eigenvalue weighted by atomic mass is 10.0. The van der Waals surface area contributed by atoms with Gasteiger partial charge in [0.1, 0.15) is 5.75 Å². The van der Waals surface area contributed by atoms with E-state index in [0.29, 0.717) is 19.4 Å². The molecule has 0 saturated carbocycles. The summed E-state index contributed by atoms with van der Waals surface area (Å²) in [7, 11) is 0. The molecule has 0 radical (unpaired) electrons. The van der Waals surface area contributed by atoms with E-state index in [-0.39, 0.29) is 24.3 Å². The molecule has 0 fully saturated rings. The van der Waals surface area contributed by atoms with Crippen molar-refractivity contribution in [2.75, 3.05) is 13.2 Å². The van der Waals surface area contributed by atoms with Gasteiger partial charge in [0, 0.05) is 0 Å². The fraction of sp³-hybridized carbons (Fsp3) is 0.533. The maximum atomic E-state index is 12.0. The van der Waals surface area contributed by atoms with Crippen molar-refractivity contribution in [3.63, 3.8) is 0 Å². The molecule has 1 aromatic rings. The second-order valence-corrected chi connectivity index (χ2v) is 5.24. The summed E-state index contributed by atoms with van der Waals surface area (Å²) in [5.41, 5.74) is 13.1. The van der Waals surface area contributed by atoms with Crippen molar-refractivity contribution in [2.24, 2.45) is 11.5 Å². The molecular weight excluding hydrogens is 270 g/mol. The van der Waals surface area contributed by atoms with Gasteiger partial charge in [0.2, 0.25) is 5.91 Å². The third kappa shape index (κ3) is 5.71. The molecule has 7 N–H and O–H groups in total. The van der Waals surface area contributed by atoms with Crippen molar-refractivity contribution in [2.45, 2.75) is 38.3 Å². The van der Waals surface area contributed by atoms with Crippen LogP contribution in [0.3, 0.4) is 0 Å². The Balaban J connectivity index is 2.57. The van der Waals surface area contributed by atoms with Crippen LogP contribution in [0.5, 0.6) is 5.75 Å². The van der Waals surface area contributed by atoms with Gasteiger partial charge in [-0.25, -0.2) is 0 Å². The van der Waals surface area contributed by atoms with E-state index in [1.807, 2.05) is 6.92 Å². The average Bonchev–Trinajstić information content (AvgIpc) is 2.45. The SMILES string of the molecule is Cc1cc(O)ccc1CC(N)C(=O)NC(CO)CCCN. The Morgan fingerprint density at radius 3 is 2.71 bits per heavy atom. The molecule has 0 aliphatic carbocycles. The van der Waals surface area contributed by atoms with Crippen LogP contribution in [0.1, 0.15) is 24.0 Å². The van der Waals surface area contributed by atoms with Crippen molar-refractivity contribution in [3.8, 4) is 5.75 Å². The molecule has 118 valence electrons. The number of phenolic OH excluding ortho intramolecular Hbond substituents is 1. The van der Waals surface area contributed by atoms with Crippen molar-refractivity contribution in [1.29, 1.82) is 0 Å². The number of nitrogens with two attached hydrogens (primary N) is 2. The number of hydrogen-bond donors (Lipinski definition) is 5. The predicted molar refractivity (Wildman–Crippen MR) is 81.8 cm³/mol. The van der Waals surface area contributed by atoms with E-state index in [4.69, 9.17) is 11.5 Å². The number of carbonyl (C=O) groups is 1. The molecular formula is C15H25N3O3. The number of nitrogens with one attached hydrogen (secondary N) is 1. The summed E-state index contributed by atoms with van der Waals surface area (Å²) in [5, 5.41) is 21.3. The molecule has 1 amide bonds. The maximum absolute atomic E-state index is 12.0. The van der Waals surface area contributed by atoms with E-state index >= 15 is 0 Å². The number of phenols is 1. The van der Waals surface area contributed by atoms with Gasteiger partial charge in [-0.2, -0.15) is 0 Å². The molecule has 0 aromatic heterocycles. The molecule has 0 saturated heterocycles. The number of aromatic hydroxyl groups is 1. The molecule has 1 rings (SSSR count). The topological polar surface area (TPSA) is 122 Å². The number of aliphatic hydroxyl groups is 1. The van der Waals surface area contributed by atoms with Gasteiger partial charge in [0.25, 0.3) is 0 Å². The van der Waals surface area contributed by atoms with E-state index in [0.717, 1.165) is 17.5 Å². The summed E-state index contributed by atoms with van der Waals surface area (Å²) >= 11 is 0. The Bertz CT molecular complexity index is 465. The minimum absolute atomic E-state index is 0.128. The second kappa shape index (κ2) is 8.61. The summed E-state index contributed by atoms with van der Waals surface area (Å²) in [4.78, 5) is 12.0. The lowest BCUT2D eigenvalue weighted by Gasteiger charge is -2.19. The summed E-state index contributed by atoms with van der Waals surface area (Å²) in [5.74, 6) is -0.102. The predicted octanol–water partition coefficient (Wildman–Crippen LogP) is -0.214. The number of rotatable bonds is 8. The second-order valence-electron chi connectivity index (χ2n) is 5.24. The Kier molecular flexibility index (Phi) is 7.14. The number of benzene rings is 1. The lowest BCUT2D eigenvalue weighted by Crippen LogP contribution is -2.47. The first kappa shape index (κ1) is 17.4. The van der Waals surface area contributed by atoms with Crippen LogP contribution < -0.4 is 16.8 Å². The number of carbonyl (C=O) groups excluding carboxylic acids is 1. The first-order valence-electron chi connectivity index (χ1n) is 7.13. The number of aryl methyl sites for hydroxylation is 1.